The lowest BCUT2D eigenvalue weighted by molar-refractivity contribution is -0.124. The van der Waals surface area contributed by atoms with Crippen LogP contribution in [0.4, 0.5) is 5.69 Å². The van der Waals surface area contributed by atoms with Gasteiger partial charge < -0.3 is 15.8 Å². The number of halogens is 1. The fraction of sp³-hybridized carbons (Fsp3) is 0.500. The summed E-state index contributed by atoms with van der Waals surface area (Å²) in [4.78, 5) is 12.4. The molecular formula is C14H19ClN2O2. The van der Waals surface area contributed by atoms with Gasteiger partial charge in [-0.05, 0) is 25.0 Å². The first-order valence-corrected chi connectivity index (χ1v) is 6.84. The number of hydrogen-bond acceptors (Lipinski definition) is 3. The standard InChI is InChI=1S/C14H19ClN2O2/c1-19-12-8-10(4-5-11(12)15)17-13(18)14(9-16)6-2-3-7-14/h4-5,8H,2-3,6-7,9,16H2,1H3,(H,17,18). The second-order valence-electron chi connectivity index (χ2n) is 5.00. The van der Waals surface area contributed by atoms with E-state index in [1.165, 1.54) is 0 Å². The van der Waals surface area contributed by atoms with Crippen molar-refractivity contribution in [3.8, 4) is 5.75 Å². The average Bonchev–Trinajstić information content (AvgIpc) is 2.91. The van der Waals surface area contributed by atoms with Gasteiger partial charge >= 0.3 is 0 Å². The molecule has 19 heavy (non-hydrogen) atoms. The number of anilines is 1. The minimum Gasteiger partial charge on any atom is -0.495 e. The first-order chi connectivity index (χ1) is 9.11. The van der Waals surface area contributed by atoms with E-state index in [0.29, 0.717) is 23.0 Å². The van der Waals surface area contributed by atoms with Crippen LogP contribution in [0.1, 0.15) is 25.7 Å². The van der Waals surface area contributed by atoms with Gasteiger partial charge in [-0.15, -0.1) is 0 Å². The van der Waals surface area contributed by atoms with Gasteiger partial charge in [0.25, 0.3) is 0 Å². The van der Waals surface area contributed by atoms with Gasteiger partial charge in [-0.1, -0.05) is 24.4 Å². The van der Waals surface area contributed by atoms with Crippen LogP contribution in [-0.2, 0) is 4.79 Å². The molecule has 0 saturated heterocycles. The van der Waals surface area contributed by atoms with E-state index in [9.17, 15) is 4.79 Å². The highest BCUT2D eigenvalue weighted by atomic mass is 35.5. The summed E-state index contributed by atoms with van der Waals surface area (Å²) in [6, 6.07) is 5.20. The Morgan fingerprint density at radius 1 is 1.47 bits per heavy atom. The zero-order valence-electron chi connectivity index (χ0n) is 11.0. The lowest BCUT2D eigenvalue weighted by Gasteiger charge is -2.25. The first-order valence-electron chi connectivity index (χ1n) is 6.46. The van der Waals surface area contributed by atoms with Gasteiger partial charge in [0.1, 0.15) is 5.75 Å². The van der Waals surface area contributed by atoms with Gasteiger partial charge in [-0.3, -0.25) is 4.79 Å². The summed E-state index contributed by atoms with van der Waals surface area (Å²) in [6.07, 6.45) is 3.85. The van der Waals surface area contributed by atoms with Crippen LogP contribution < -0.4 is 15.8 Å². The fourth-order valence-corrected chi connectivity index (χ4v) is 2.77. The molecule has 1 fully saturated rings. The quantitative estimate of drug-likeness (QED) is 0.892. The van der Waals surface area contributed by atoms with Crippen molar-refractivity contribution in [1.82, 2.24) is 0 Å². The molecule has 1 aromatic rings. The highest BCUT2D eigenvalue weighted by Crippen LogP contribution is 2.38. The van der Waals surface area contributed by atoms with Gasteiger partial charge in [-0.2, -0.15) is 0 Å². The Morgan fingerprint density at radius 2 is 2.16 bits per heavy atom. The molecule has 4 nitrogen and oxygen atoms in total. The van der Waals surface area contributed by atoms with E-state index in [0.717, 1.165) is 25.7 Å². The van der Waals surface area contributed by atoms with E-state index in [1.807, 2.05) is 0 Å². The molecule has 3 N–H and O–H groups in total. The highest BCUT2D eigenvalue weighted by Gasteiger charge is 2.39. The van der Waals surface area contributed by atoms with Crippen molar-refractivity contribution in [1.29, 1.82) is 0 Å². The Balaban J connectivity index is 2.14. The smallest absolute Gasteiger partial charge is 0.231 e. The second kappa shape index (κ2) is 5.80. The third-order valence-corrected chi connectivity index (χ3v) is 4.15. The molecule has 104 valence electrons. The number of ether oxygens (including phenoxy) is 1. The summed E-state index contributed by atoms with van der Waals surface area (Å²) in [5, 5.41) is 3.44. The van der Waals surface area contributed by atoms with Crippen LogP contribution in [0.5, 0.6) is 5.75 Å². The Hall–Kier alpha value is -1.26. The van der Waals surface area contributed by atoms with E-state index in [-0.39, 0.29) is 5.91 Å². The molecule has 0 heterocycles. The van der Waals surface area contributed by atoms with Crippen LogP contribution in [0.15, 0.2) is 18.2 Å². The third kappa shape index (κ3) is 2.85. The molecule has 2 rings (SSSR count). The van der Waals surface area contributed by atoms with Crippen LogP contribution in [0, 0.1) is 5.41 Å². The number of amides is 1. The Bertz CT molecular complexity index is 471. The molecule has 1 aliphatic rings. The molecule has 1 saturated carbocycles. The Kier molecular flexibility index (Phi) is 4.32. The maximum atomic E-state index is 12.4. The number of hydrogen-bond donors (Lipinski definition) is 2. The van der Waals surface area contributed by atoms with Gasteiger partial charge in [-0.25, -0.2) is 0 Å². The molecule has 1 amide bonds. The minimum absolute atomic E-state index is 0.00289. The molecule has 5 heteroatoms. The molecule has 1 aromatic carbocycles. The number of nitrogens with one attached hydrogen (secondary N) is 1. The van der Waals surface area contributed by atoms with Crippen LogP contribution in [0.25, 0.3) is 0 Å². The van der Waals surface area contributed by atoms with Crippen molar-refractivity contribution in [3.05, 3.63) is 23.2 Å². The van der Waals surface area contributed by atoms with Crippen molar-refractivity contribution in [3.63, 3.8) is 0 Å². The topological polar surface area (TPSA) is 64.3 Å². The summed E-state index contributed by atoms with van der Waals surface area (Å²) in [6.45, 7) is 0.392. The number of rotatable bonds is 4. The number of nitrogens with two attached hydrogens (primary N) is 1. The minimum atomic E-state index is -0.410. The van der Waals surface area contributed by atoms with Crippen molar-refractivity contribution < 1.29 is 9.53 Å². The molecule has 0 unspecified atom stereocenters. The predicted molar refractivity (Wildman–Crippen MR) is 76.6 cm³/mol. The second-order valence-corrected chi connectivity index (χ2v) is 5.40. The maximum absolute atomic E-state index is 12.4. The van der Waals surface area contributed by atoms with Crippen LogP contribution in [0.2, 0.25) is 5.02 Å². The maximum Gasteiger partial charge on any atom is 0.231 e. The van der Waals surface area contributed by atoms with Crippen molar-refractivity contribution in [2.75, 3.05) is 19.0 Å². The predicted octanol–water partition coefficient (Wildman–Crippen LogP) is 2.81. The van der Waals surface area contributed by atoms with E-state index in [2.05, 4.69) is 5.32 Å². The summed E-state index contributed by atoms with van der Waals surface area (Å²) in [5.41, 5.74) is 6.07. The van der Waals surface area contributed by atoms with Crippen molar-refractivity contribution in [2.24, 2.45) is 11.1 Å². The first kappa shape index (κ1) is 14.2. The summed E-state index contributed by atoms with van der Waals surface area (Å²) < 4.78 is 5.14. The van der Waals surface area contributed by atoms with Gasteiger partial charge in [0.15, 0.2) is 0 Å². The SMILES string of the molecule is COc1cc(NC(=O)C2(CN)CCCC2)ccc1Cl. The fourth-order valence-electron chi connectivity index (χ4n) is 2.58. The molecular weight excluding hydrogens is 264 g/mol. The number of benzene rings is 1. The molecule has 0 aliphatic heterocycles. The molecule has 1 aliphatic carbocycles. The van der Waals surface area contributed by atoms with Gasteiger partial charge in [0.2, 0.25) is 5.91 Å². The number of carbonyl (C=O) groups excluding carboxylic acids is 1. The van der Waals surface area contributed by atoms with E-state index >= 15 is 0 Å². The molecule has 0 atom stereocenters. The van der Waals surface area contributed by atoms with Crippen LogP contribution >= 0.6 is 11.6 Å². The van der Waals surface area contributed by atoms with Crippen LogP contribution in [-0.4, -0.2) is 19.6 Å². The zero-order valence-corrected chi connectivity index (χ0v) is 11.8. The number of carbonyl (C=O) groups is 1. The third-order valence-electron chi connectivity index (χ3n) is 3.84. The van der Waals surface area contributed by atoms with Gasteiger partial charge in [0, 0.05) is 18.3 Å². The van der Waals surface area contributed by atoms with Gasteiger partial charge in [0.05, 0.1) is 17.5 Å². The lowest BCUT2D eigenvalue weighted by atomic mass is 9.85. The molecule has 0 aromatic heterocycles. The monoisotopic (exact) mass is 282 g/mol. The van der Waals surface area contributed by atoms with E-state index in [1.54, 1.807) is 25.3 Å². The van der Waals surface area contributed by atoms with E-state index in [4.69, 9.17) is 22.1 Å². The summed E-state index contributed by atoms with van der Waals surface area (Å²) in [5.74, 6) is 0.546. The lowest BCUT2D eigenvalue weighted by Crippen LogP contribution is -2.40. The normalized spacial score (nSPS) is 17.2. The molecule has 0 spiro atoms. The number of methoxy groups -OCH3 is 1. The molecule has 0 bridgehead atoms. The largest absolute Gasteiger partial charge is 0.495 e. The van der Waals surface area contributed by atoms with Crippen LogP contribution in [0.3, 0.4) is 0 Å². The van der Waals surface area contributed by atoms with Crippen molar-refractivity contribution >= 4 is 23.2 Å². The van der Waals surface area contributed by atoms with E-state index < -0.39 is 5.41 Å². The highest BCUT2D eigenvalue weighted by molar-refractivity contribution is 6.32. The van der Waals surface area contributed by atoms with Crippen molar-refractivity contribution in [2.45, 2.75) is 25.7 Å². The molecule has 0 radical (unpaired) electrons. The Labute approximate surface area is 118 Å². The summed E-state index contributed by atoms with van der Waals surface area (Å²) in [7, 11) is 1.55. The summed E-state index contributed by atoms with van der Waals surface area (Å²) >= 11 is 5.96. The Morgan fingerprint density at radius 3 is 2.74 bits per heavy atom. The zero-order chi connectivity index (χ0) is 13.9. The average molecular weight is 283 g/mol.